The zero-order valence-corrected chi connectivity index (χ0v) is 18.6. The summed E-state index contributed by atoms with van der Waals surface area (Å²) in [7, 11) is -3.78. The van der Waals surface area contributed by atoms with Crippen LogP contribution in [0.2, 0.25) is 0 Å². The normalized spacial score (nSPS) is 16.7. The molecule has 3 aromatic rings. The summed E-state index contributed by atoms with van der Waals surface area (Å²) in [4.78, 5) is 0.250. The molecule has 4 rings (SSSR count). The molecule has 0 saturated carbocycles. The van der Waals surface area contributed by atoms with Gasteiger partial charge >= 0.3 is 0 Å². The van der Waals surface area contributed by atoms with Crippen LogP contribution in [0.3, 0.4) is 0 Å². The molecule has 0 radical (unpaired) electrons. The Labute approximate surface area is 180 Å². The van der Waals surface area contributed by atoms with Gasteiger partial charge in [0.25, 0.3) is 10.0 Å². The third kappa shape index (κ3) is 4.00. The first-order valence-corrected chi connectivity index (χ1v) is 11.6. The molecule has 0 spiro atoms. The summed E-state index contributed by atoms with van der Waals surface area (Å²) in [5, 5.41) is 4.60. The second-order valence-corrected chi connectivity index (χ2v) is 9.99. The van der Waals surface area contributed by atoms with Gasteiger partial charge in [0.15, 0.2) is 0 Å². The summed E-state index contributed by atoms with van der Waals surface area (Å²) in [6, 6.07) is 22.3. The quantitative estimate of drug-likeness (QED) is 0.499. The molecule has 148 valence electrons. The summed E-state index contributed by atoms with van der Waals surface area (Å²) >= 11 is 3.49. The van der Waals surface area contributed by atoms with Crippen molar-refractivity contribution in [2.24, 2.45) is 5.10 Å². The van der Waals surface area contributed by atoms with Crippen molar-refractivity contribution < 1.29 is 8.42 Å². The number of aryl methyl sites for hydroxylation is 2. The highest BCUT2D eigenvalue weighted by Crippen LogP contribution is 2.37. The Hall–Kier alpha value is -2.44. The number of hydrogen-bond acceptors (Lipinski definition) is 3. The lowest BCUT2D eigenvalue weighted by atomic mass is 9.98. The third-order valence-corrected chi connectivity index (χ3v) is 7.21. The molecule has 6 heteroatoms. The van der Waals surface area contributed by atoms with Crippen molar-refractivity contribution in [2.75, 3.05) is 0 Å². The first-order chi connectivity index (χ1) is 13.8. The largest absolute Gasteiger partial charge is 0.279 e. The number of hydrogen-bond donors (Lipinski definition) is 0. The SMILES string of the molecule is Cc1ccc(S(=O)(=O)N2N=C(c3cccc(Br)c3)C[C@H]2c2cccc(C)c2)cc1. The first-order valence-electron chi connectivity index (χ1n) is 9.36. The van der Waals surface area contributed by atoms with E-state index in [1.165, 1.54) is 4.41 Å². The molecule has 0 fully saturated rings. The Morgan fingerprint density at radius 2 is 1.66 bits per heavy atom. The highest BCUT2D eigenvalue weighted by molar-refractivity contribution is 9.10. The van der Waals surface area contributed by atoms with E-state index in [4.69, 9.17) is 0 Å². The Kier molecular flexibility index (Phi) is 5.32. The number of halogens is 1. The van der Waals surface area contributed by atoms with Crippen LogP contribution in [0.1, 0.15) is 34.7 Å². The van der Waals surface area contributed by atoms with Crippen molar-refractivity contribution in [1.29, 1.82) is 0 Å². The van der Waals surface area contributed by atoms with Gasteiger partial charge in [-0.05, 0) is 49.2 Å². The summed E-state index contributed by atoms with van der Waals surface area (Å²) in [6.45, 7) is 3.94. The molecule has 0 N–H and O–H groups in total. The van der Waals surface area contributed by atoms with Gasteiger partial charge in [0.2, 0.25) is 0 Å². The van der Waals surface area contributed by atoms with Crippen LogP contribution in [0.5, 0.6) is 0 Å². The minimum atomic E-state index is -3.78. The molecule has 0 aliphatic carbocycles. The van der Waals surface area contributed by atoms with Gasteiger partial charge < -0.3 is 0 Å². The summed E-state index contributed by atoms with van der Waals surface area (Å²) in [5.41, 5.74) is 4.71. The van der Waals surface area contributed by atoms with Crippen molar-refractivity contribution in [3.8, 4) is 0 Å². The van der Waals surface area contributed by atoms with Crippen molar-refractivity contribution in [1.82, 2.24) is 4.41 Å². The highest BCUT2D eigenvalue weighted by Gasteiger charge is 2.37. The van der Waals surface area contributed by atoms with Crippen LogP contribution in [-0.2, 0) is 10.0 Å². The fraction of sp³-hybridized carbons (Fsp3) is 0.174. The van der Waals surface area contributed by atoms with Gasteiger partial charge in [0.05, 0.1) is 16.6 Å². The fourth-order valence-electron chi connectivity index (χ4n) is 3.50. The molecule has 4 nitrogen and oxygen atoms in total. The van der Waals surface area contributed by atoms with Crippen LogP contribution in [0, 0.1) is 13.8 Å². The molecule has 1 heterocycles. The molecule has 3 aromatic carbocycles. The molecule has 1 aliphatic heterocycles. The van der Waals surface area contributed by atoms with Crippen molar-refractivity contribution in [3.05, 3.63) is 99.5 Å². The summed E-state index contributed by atoms with van der Waals surface area (Å²) in [5.74, 6) is 0. The average molecular weight is 469 g/mol. The van der Waals surface area contributed by atoms with E-state index in [-0.39, 0.29) is 10.9 Å². The van der Waals surface area contributed by atoms with E-state index >= 15 is 0 Å². The Morgan fingerprint density at radius 3 is 2.34 bits per heavy atom. The minimum absolute atomic E-state index is 0.250. The van der Waals surface area contributed by atoms with Gasteiger partial charge in [0, 0.05) is 10.9 Å². The van der Waals surface area contributed by atoms with Gasteiger partial charge in [-0.2, -0.15) is 17.9 Å². The van der Waals surface area contributed by atoms with Crippen LogP contribution < -0.4 is 0 Å². The fourth-order valence-corrected chi connectivity index (χ4v) is 5.33. The lowest BCUT2D eigenvalue weighted by Crippen LogP contribution is -2.27. The van der Waals surface area contributed by atoms with Gasteiger partial charge in [-0.3, -0.25) is 0 Å². The molecule has 1 aliphatic rings. The predicted molar refractivity (Wildman–Crippen MR) is 119 cm³/mol. The second-order valence-electron chi connectivity index (χ2n) is 7.28. The van der Waals surface area contributed by atoms with Crippen LogP contribution in [0.25, 0.3) is 0 Å². The highest BCUT2D eigenvalue weighted by atomic mass is 79.9. The number of sulfonamides is 1. The standard InChI is InChI=1S/C23H21BrN2O2S/c1-16-9-11-21(12-10-16)29(27,28)26-23(19-7-3-5-17(2)13-19)15-22(25-26)18-6-4-8-20(24)14-18/h3-14,23H,15H2,1-2H3/t23-/m0/s1. The van der Waals surface area contributed by atoms with E-state index < -0.39 is 10.0 Å². The topological polar surface area (TPSA) is 49.7 Å². The molecule has 29 heavy (non-hydrogen) atoms. The Balaban J connectivity index is 1.82. The zero-order chi connectivity index (χ0) is 20.6. The molecule has 0 saturated heterocycles. The first kappa shape index (κ1) is 19.9. The van der Waals surface area contributed by atoms with E-state index in [1.54, 1.807) is 12.1 Å². The number of rotatable bonds is 4. The molecular weight excluding hydrogens is 448 g/mol. The molecule has 0 bridgehead atoms. The minimum Gasteiger partial charge on any atom is -0.200 e. The van der Waals surface area contributed by atoms with Gasteiger partial charge in [-0.25, -0.2) is 0 Å². The summed E-state index contributed by atoms with van der Waals surface area (Å²) in [6.07, 6.45) is 0.519. The lowest BCUT2D eigenvalue weighted by molar-refractivity contribution is 0.371. The number of hydrazone groups is 1. The maximum absolute atomic E-state index is 13.5. The monoisotopic (exact) mass is 468 g/mol. The molecule has 0 unspecified atom stereocenters. The van der Waals surface area contributed by atoms with Crippen LogP contribution in [0.15, 0.2) is 87.3 Å². The van der Waals surface area contributed by atoms with Crippen LogP contribution in [-0.4, -0.2) is 18.5 Å². The van der Waals surface area contributed by atoms with E-state index in [0.717, 1.165) is 32.4 Å². The third-order valence-electron chi connectivity index (χ3n) is 5.02. The molecular formula is C23H21BrN2O2S. The number of benzene rings is 3. The van der Waals surface area contributed by atoms with Crippen LogP contribution >= 0.6 is 15.9 Å². The molecule has 0 aromatic heterocycles. The van der Waals surface area contributed by atoms with Crippen molar-refractivity contribution >= 4 is 31.7 Å². The number of nitrogens with zero attached hydrogens (tertiary/aromatic N) is 2. The smallest absolute Gasteiger partial charge is 0.200 e. The van der Waals surface area contributed by atoms with E-state index in [9.17, 15) is 8.42 Å². The van der Waals surface area contributed by atoms with E-state index in [1.807, 2.05) is 74.5 Å². The van der Waals surface area contributed by atoms with Gasteiger partial charge in [-0.15, -0.1) is 0 Å². The zero-order valence-electron chi connectivity index (χ0n) is 16.2. The predicted octanol–water partition coefficient (Wildman–Crippen LogP) is 5.61. The lowest BCUT2D eigenvalue weighted by Gasteiger charge is -2.23. The maximum atomic E-state index is 13.5. The molecule has 0 amide bonds. The maximum Gasteiger partial charge on any atom is 0.279 e. The van der Waals surface area contributed by atoms with E-state index in [2.05, 4.69) is 21.0 Å². The summed E-state index contributed by atoms with van der Waals surface area (Å²) < 4.78 is 29.2. The van der Waals surface area contributed by atoms with Crippen molar-refractivity contribution in [2.45, 2.75) is 31.2 Å². The Bertz CT molecular complexity index is 1190. The van der Waals surface area contributed by atoms with Crippen LogP contribution in [0.4, 0.5) is 0 Å². The van der Waals surface area contributed by atoms with Gasteiger partial charge in [-0.1, -0.05) is 75.6 Å². The average Bonchev–Trinajstić information content (AvgIpc) is 3.15. The molecule has 1 atom stereocenters. The van der Waals surface area contributed by atoms with Gasteiger partial charge in [0.1, 0.15) is 0 Å². The Morgan fingerprint density at radius 1 is 0.931 bits per heavy atom. The van der Waals surface area contributed by atoms with Crippen molar-refractivity contribution in [3.63, 3.8) is 0 Å². The van der Waals surface area contributed by atoms with E-state index in [0.29, 0.717) is 6.42 Å². The second kappa shape index (κ2) is 7.76.